The predicted molar refractivity (Wildman–Crippen MR) is 111 cm³/mol. The van der Waals surface area contributed by atoms with Crippen LogP contribution in [0.25, 0.3) is 11.1 Å². The summed E-state index contributed by atoms with van der Waals surface area (Å²) in [4.78, 5) is 24.5. The second kappa shape index (κ2) is 10.3. The van der Waals surface area contributed by atoms with Gasteiger partial charge in [-0.25, -0.2) is 11.2 Å². The molecule has 1 radical (unpaired) electrons. The van der Waals surface area contributed by atoms with Crippen molar-refractivity contribution in [3.8, 4) is 11.1 Å². The topological polar surface area (TPSA) is 90.0 Å². The van der Waals surface area contributed by atoms with Gasteiger partial charge in [0.25, 0.3) is 5.56 Å². The summed E-state index contributed by atoms with van der Waals surface area (Å²) in [5.41, 5.74) is 8.26. The zero-order valence-electron chi connectivity index (χ0n) is 15.5. The maximum atomic E-state index is 12.3. The number of carbonyl (C=O) groups excluding carboxylic acids is 1. The molecule has 147 valence electrons. The molecule has 1 amide bonds. The first-order valence-electron chi connectivity index (χ1n) is 8.36. The Labute approximate surface area is 203 Å². The van der Waals surface area contributed by atoms with E-state index in [9.17, 15) is 9.59 Å². The molecule has 0 aliphatic rings. The molecule has 0 bridgehead atoms. The van der Waals surface area contributed by atoms with Gasteiger partial charge in [-0.1, -0.05) is 59.1 Å². The molecule has 6 nitrogen and oxygen atoms in total. The van der Waals surface area contributed by atoms with Crippen LogP contribution in [-0.2, 0) is 46.2 Å². The van der Waals surface area contributed by atoms with Crippen LogP contribution in [0.15, 0.2) is 53.5 Å². The zero-order valence-corrected chi connectivity index (χ0v) is 19.9. The minimum absolute atomic E-state index is 0. The molecule has 9 heteroatoms. The first kappa shape index (κ1) is 23.6. The van der Waals surface area contributed by atoms with Crippen molar-refractivity contribution >= 4 is 34.8 Å². The van der Waals surface area contributed by atoms with Gasteiger partial charge in [0.1, 0.15) is 0 Å². The fourth-order valence-electron chi connectivity index (χ4n) is 2.70. The standard InChI is InChI=1S/C20H17Cl2N4O2.Y/c1-26-20(28)17(16(23)11-25-26)13-7-5-12(6-8-13)9-10-24-19(27)18-14(21)3-2-4-15(18)22;/h2-8,10-11H,9,23H2,1H3,(H,24,27);/q-1;. The number of anilines is 1. The third-order valence-electron chi connectivity index (χ3n) is 4.17. The zero-order chi connectivity index (χ0) is 20.3. The van der Waals surface area contributed by atoms with Gasteiger partial charge >= 0.3 is 0 Å². The molecular weight excluding hydrogens is 488 g/mol. The number of rotatable bonds is 5. The van der Waals surface area contributed by atoms with E-state index in [0.717, 1.165) is 5.56 Å². The van der Waals surface area contributed by atoms with Crippen molar-refractivity contribution in [2.75, 3.05) is 5.73 Å². The van der Waals surface area contributed by atoms with Crippen LogP contribution in [0.2, 0.25) is 10.0 Å². The van der Waals surface area contributed by atoms with Crippen molar-refractivity contribution in [2.45, 2.75) is 6.42 Å². The minimum Gasteiger partial charge on any atom is -0.501 e. The Kier molecular flexibility index (Phi) is 8.40. The second-order valence-corrected chi connectivity index (χ2v) is 6.89. The molecule has 1 aromatic heterocycles. The number of halogens is 2. The maximum Gasteiger partial charge on any atom is 0.276 e. The molecule has 3 N–H and O–H groups in total. The molecule has 1 heterocycles. The number of nitrogens with two attached hydrogens (primary N) is 1. The molecule has 3 rings (SSSR count). The Hall–Kier alpha value is -1.73. The number of carbonyl (C=O) groups is 1. The molecule has 0 saturated heterocycles. The summed E-state index contributed by atoms with van der Waals surface area (Å²) in [6, 6.07) is 12.2. The van der Waals surface area contributed by atoms with E-state index in [1.807, 2.05) is 24.3 Å². The Morgan fingerprint density at radius 1 is 1.17 bits per heavy atom. The van der Waals surface area contributed by atoms with E-state index in [1.165, 1.54) is 10.9 Å². The fraction of sp³-hybridized carbons (Fsp3) is 0.100. The predicted octanol–water partition coefficient (Wildman–Crippen LogP) is 3.47. The van der Waals surface area contributed by atoms with E-state index in [2.05, 4.69) is 10.4 Å². The van der Waals surface area contributed by atoms with Crippen LogP contribution in [0.1, 0.15) is 15.9 Å². The van der Waals surface area contributed by atoms with E-state index in [-0.39, 0.29) is 49.7 Å². The van der Waals surface area contributed by atoms with Crippen LogP contribution >= 0.6 is 23.2 Å². The number of nitrogen functional groups attached to an aromatic ring is 1. The van der Waals surface area contributed by atoms with E-state index in [0.29, 0.717) is 33.3 Å². The Bertz CT molecular complexity index is 1060. The molecular formula is C20H17Cl2N4O2Y-. The quantitative estimate of drug-likeness (QED) is 0.520. The van der Waals surface area contributed by atoms with Crippen LogP contribution < -0.4 is 16.6 Å². The number of aryl methyl sites for hydroxylation is 1. The van der Waals surface area contributed by atoms with Crippen molar-refractivity contribution in [1.82, 2.24) is 15.1 Å². The summed E-state index contributed by atoms with van der Waals surface area (Å²) in [5.74, 6) is -0.375. The first-order valence-corrected chi connectivity index (χ1v) is 9.11. The summed E-state index contributed by atoms with van der Waals surface area (Å²) in [5, 5.41) is 7.16. The van der Waals surface area contributed by atoms with Gasteiger partial charge in [-0.2, -0.15) is 5.10 Å². The molecule has 0 fully saturated rings. The summed E-state index contributed by atoms with van der Waals surface area (Å²) >= 11 is 12.1. The van der Waals surface area contributed by atoms with E-state index < -0.39 is 0 Å². The average Bonchev–Trinajstić information content (AvgIpc) is 2.66. The fourth-order valence-corrected chi connectivity index (χ4v) is 3.27. The SMILES string of the molecule is Cn1ncc(N)c(-c2ccc(C[CH-]NC(=O)c3c(Cl)cccc3Cl)cc2)c1=O.[Y]. The van der Waals surface area contributed by atoms with Crippen LogP contribution in [0.3, 0.4) is 0 Å². The van der Waals surface area contributed by atoms with Gasteiger partial charge in [-0.3, -0.25) is 9.59 Å². The normalized spacial score (nSPS) is 10.3. The Balaban J connectivity index is 0.00000300. The molecule has 3 aromatic rings. The van der Waals surface area contributed by atoms with Crippen molar-refractivity contribution in [1.29, 1.82) is 0 Å². The van der Waals surface area contributed by atoms with Gasteiger partial charge in [-0.05, 0) is 17.7 Å². The number of amides is 1. The van der Waals surface area contributed by atoms with Crippen LogP contribution in [0, 0.1) is 6.54 Å². The van der Waals surface area contributed by atoms with Crippen molar-refractivity contribution in [3.05, 3.63) is 86.7 Å². The van der Waals surface area contributed by atoms with Crippen LogP contribution in [0.4, 0.5) is 5.69 Å². The second-order valence-electron chi connectivity index (χ2n) is 6.08. The largest absolute Gasteiger partial charge is 0.501 e. The molecule has 29 heavy (non-hydrogen) atoms. The third-order valence-corrected chi connectivity index (χ3v) is 4.80. The summed E-state index contributed by atoms with van der Waals surface area (Å²) in [6.45, 7) is 1.62. The van der Waals surface area contributed by atoms with Crippen LogP contribution in [-0.4, -0.2) is 15.7 Å². The van der Waals surface area contributed by atoms with E-state index >= 15 is 0 Å². The van der Waals surface area contributed by atoms with Gasteiger partial charge in [-0.15, -0.1) is 6.42 Å². The number of hydrogen-bond donors (Lipinski definition) is 2. The molecule has 0 aliphatic carbocycles. The maximum absolute atomic E-state index is 12.3. The van der Waals surface area contributed by atoms with Gasteiger partial charge in [0.05, 0.1) is 33.1 Å². The average molecular weight is 505 g/mol. The monoisotopic (exact) mass is 504 g/mol. The molecule has 2 aromatic carbocycles. The van der Waals surface area contributed by atoms with Crippen LogP contribution in [0.5, 0.6) is 0 Å². The van der Waals surface area contributed by atoms with Gasteiger partial charge in [0, 0.05) is 39.8 Å². The summed E-state index contributed by atoms with van der Waals surface area (Å²) < 4.78 is 1.24. The third kappa shape index (κ3) is 5.45. The number of nitrogens with one attached hydrogen (secondary N) is 1. The molecule has 0 atom stereocenters. The van der Waals surface area contributed by atoms with Gasteiger partial charge in [0.15, 0.2) is 0 Å². The minimum atomic E-state index is -0.375. The molecule has 0 saturated carbocycles. The number of hydrogen-bond acceptors (Lipinski definition) is 4. The van der Waals surface area contributed by atoms with Crippen molar-refractivity contribution in [2.24, 2.45) is 7.05 Å². The molecule has 0 aliphatic heterocycles. The first-order chi connectivity index (χ1) is 13.4. The number of nitrogens with zero attached hydrogens (tertiary/aromatic N) is 2. The van der Waals surface area contributed by atoms with Gasteiger partial charge in [0.2, 0.25) is 5.91 Å². The van der Waals surface area contributed by atoms with Crippen molar-refractivity contribution < 1.29 is 37.5 Å². The van der Waals surface area contributed by atoms with E-state index in [1.54, 1.807) is 31.8 Å². The summed E-state index contributed by atoms with van der Waals surface area (Å²) in [6.07, 6.45) is 1.94. The molecule has 0 unspecified atom stereocenters. The Morgan fingerprint density at radius 3 is 2.41 bits per heavy atom. The number of benzene rings is 2. The number of aromatic nitrogens is 2. The van der Waals surface area contributed by atoms with Crippen molar-refractivity contribution in [3.63, 3.8) is 0 Å². The van der Waals surface area contributed by atoms with Gasteiger partial charge < -0.3 is 11.1 Å². The Morgan fingerprint density at radius 2 is 1.79 bits per heavy atom. The molecule has 0 spiro atoms. The smallest absolute Gasteiger partial charge is 0.276 e. The van der Waals surface area contributed by atoms with E-state index in [4.69, 9.17) is 28.9 Å². The summed E-state index contributed by atoms with van der Waals surface area (Å²) in [7, 11) is 1.57.